The third kappa shape index (κ3) is 4.03. The number of aliphatic imine (C=N–C) groups is 3. The maximum Gasteiger partial charge on any atom is 0.394 e. The second kappa shape index (κ2) is 7.05. The predicted molar refractivity (Wildman–Crippen MR) is 94.7 cm³/mol. The van der Waals surface area contributed by atoms with Crippen molar-refractivity contribution in [1.82, 2.24) is 19.6 Å². The highest BCUT2D eigenvalue weighted by Gasteiger charge is 2.34. The van der Waals surface area contributed by atoms with E-state index in [0.717, 1.165) is 64.3 Å². The summed E-state index contributed by atoms with van der Waals surface area (Å²) >= 11 is 0. The van der Waals surface area contributed by atoms with E-state index in [2.05, 4.69) is 24.8 Å². The molecule has 4 heterocycles. The van der Waals surface area contributed by atoms with Crippen molar-refractivity contribution in [1.29, 1.82) is 5.41 Å². The van der Waals surface area contributed by atoms with Crippen LogP contribution in [0.25, 0.3) is 0 Å². The second-order valence-electron chi connectivity index (χ2n) is 5.88. The molecule has 0 aromatic heterocycles. The summed E-state index contributed by atoms with van der Waals surface area (Å²) in [6.45, 7) is 6.87. The first kappa shape index (κ1) is 18.3. The molecule has 0 atom stereocenters. The van der Waals surface area contributed by atoms with Gasteiger partial charge in [-0.25, -0.2) is 0 Å². The zero-order valence-electron chi connectivity index (χ0n) is 14.0. The Morgan fingerprint density at radius 3 is 1.96 bits per heavy atom. The summed E-state index contributed by atoms with van der Waals surface area (Å²) in [6.07, 6.45) is 0. The third-order valence-corrected chi connectivity index (χ3v) is 4.23. The van der Waals surface area contributed by atoms with Gasteiger partial charge in [-0.3, -0.25) is 34.3 Å². The van der Waals surface area contributed by atoms with Gasteiger partial charge in [0.1, 0.15) is 0 Å². The van der Waals surface area contributed by atoms with E-state index in [1.54, 1.807) is 0 Å². The fraction of sp³-hybridized carbons (Fsp3) is 0.667. The summed E-state index contributed by atoms with van der Waals surface area (Å²) in [6, 6.07) is 0. The number of hydrogen-bond acceptors (Lipinski definition) is 7. The molecule has 0 spiro atoms. The van der Waals surface area contributed by atoms with E-state index in [4.69, 9.17) is 28.7 Å². The van der Waals surface area contributed by atoms with Crippen LogP contribution in [0.5, 0.6) is 0 Å². The Hall–Kier alpha value is -2.45. The lowest BCUT2D eigenvalue weighted by molar-refractivity contribution is 0.381. The van der Waals surface area contributed by atoms with Crippen molar-refractivity contribution in [2.24, 2.45) is 20.7 Å². The molecule has 0 bridgehead atoms. The summed E-state index contributed by atoms with van der Waals surface area (Å²) in [5.74, 6) is 2.26. The van der Waals surface area contributed by atoms with Crippen LogP contribution in [0, 0.1) is 5.41 Å². The van der Waals surface area contributed by atoms with Crippen LogP contribution in [0.3, 0.4) is 0 Å². The number of nitrogens with one attached hydrogen (secondary N) is 1. The monoisotopic (exact) mass is 387 g/mol. The zero-order valence-corrected chi connectivity index (χ0v) is 14.8. The lowest BCUT2D eigenvalue weighted by Crippen LogP contribution is -2.42. The van der Waals surface area contributed by atoms with Gasteiger partial charge in [0.05, 0.1) is 13.1 Å². The fourth-order valence-corrected chi connectivity index (χ4v) is 3.17. The number of guanidine groups is 4. The maximum atomic E-state index is 8.74. The zero-order chi connectivity index (χ0) is 18.9. The topological polar surface area (TPSA) is 175 Å². The minimum Gasteiger partial charge on any atom is -0.369 e. The molecule has 0 aliphatic carbocycles. The molecule has 144 valence electrons. The van der Waals surface area contributed by atoms with E-state index in [9.17, 15) is 0 Å². The first-order valence-electron chi connectivity index (χ1n) is 8.00. The van der Waals surface area contributed by atoms with Gasteiger partial charge in [-0.1, -0.05) is 0 Å². The molecule has 0 unspecified atom stereocenters. The third-order valence-electron chi connectivity index (χ3n) is 4.23. The lowest BCUT2D eigenvalue weighted by atomic mass is 10.5. The van der Waals surface area contributed by atoms with Crippen molar-refractivity contribution >= 4 is 34.2 Å². The normalized spacial score (nSPS) is 22.0. The summed E-state index contributed by atoms with van der Waals surface area (Å²) in [4.78, 5) is 21.3. The van der Waals surface area contributed by atoms with Crippen LogP contribution in [-0.4, -0.2) is 113 Å². The minimum atomic E-state index is -4.67. The largest absolute Gasteiger partial charge is 0.394 e. The van der Waals surface area contributed by atoms with Crippen LogP contribution in [-0.2, 0) is 10.4 Å². The Kier molecular flexibility index (Phi) is 4.97. The van der Waals surface area contributed by atoms with E-state index in [1.807, 2.05) is 9.80 Å². The van der Waals surface area contributed by atoms with Gasteiger partial charge < -0.3 is 15.5 Å². The minimum absolute atomic E-state index is 0.160. The van der Waals surface area contributed by atoms with E-state index < -0.39 is 10.4 Å². The van der Waals surface area contributed by atoms with Crippen molar-refractivity contribution in [2.45, 2.75) is 0 Å². The number of hydrogen-bond donors (Lipinski definition) is 4. The molecule has 5 N–H and O–H groups in total. The Morgan fingerprint density at radius 2 is 1.42 bits per heavy atom. The highest BCUT2D eigenvalue weighted by Crippen LogP contribution is 2.16. The quantitative estimate of drug-likeness (QED) is 0.200. The van der Waals surface area contributed by atoms with Gasteiger partial charge in [-0.2, -0.15) is 13.4 Å². The van der Waals surface area contributed by atoms with E-state index in [1.165, 1.54) is 0 Å². The molecule has 4 rings (SSSR count). The first-order valence-corrected chi connectivity index (χ1v) is 9.40. The number of nitrogens with zero attached hydrogens (tertiary/aromatic N) is 7. The fourth-order valence-electron chi connectivity index (χ4n) is 3.17. The summed E-state index contributed by atoms with van der Waals surface area (Å²) < 4.78 is 31.6. The van der Waals surface area contributed by atoms with Gasteiger partial charge in [-0.15, -0.1) is 0 Å². The molecule has 0 aromatic carbocycles. The second-order valence-corrected chi connectivity index (χ2v) is 6.78. The van der Waals surface area contributed by atoms with Crippen LogP contribution in [0.4, 0.5) is 0 Å². The highest BCUT2D eigenvalue weighted by atomic mass is 32.3. The molecule has 14 heteroatoms. The number of fused-ring (bicyclic) bond motifs is 2. The van der Waals surface area contributed by atoms with Gasteiger partial charge in [0.25, 0.3) is 0 Å². The van der Waals surface area contributed by atoms with Crippen molar-refractivity contribution in [2.75, 3.05) is 52.4 Å². The molecule has 0 radical (unpaired) electrons. The van der Waals surface area contributed by atoms with Gasteiger partial charge in [-0.05, 0) is 0 Å². The molecule has 2 fully saturated rings. The van der Waals surface area contributed by atoms with Crippen molar-refractivity contribution in [3.63, 3.8) is 0 Å². The smallest absolute Gasteiger partial charge is 0.369 e. The molecule has 13 nitrogen and oxygen atoms in total. The summed E-state index contributed by atoms with van der Waals surface area (Å²) in [7, 11) is -4.67. The molecule has 26 heavy (non-hydrogen) atoms. The number of nitrogens with two attached hydrogens (primary N) is 1. The van der Waals surface area contributed by atoms with Crippen LogP contribution in [0.1, 0.15) is 0 Å². The Balaban J connectivity index is 0.000000349. The van der Waals surface area contributed by atoms with Crippen molar-refractivity contribution < 1.29 is 17.5 Å². The SMILES string of the molecule is N=C(N=C(N)N1CCN2CCN=C21)N1CCN2CCN=C21.O=S(=O)(O)O. The molecule has 2 saturated heterocycles. The molecule has 0 aromatic rings. The standard InChI is InChI=1S/C12H19N9.H2O4S/c13-9(20-7-5-18-3-1-15-11(18)20)17-10(14)21-8-6-19-4-2-16-12(19)21;1-5(2,3)4/h1-8H2,(H3,13,14,17);(H2,1,2,3,4). The average molecular weight is 387 g/mol. The summed E-state index contributed by atoms with van der Waals surface area (Å²) in [5.41, 5.74) is 6.09. The van der Waals surface area contributed by atoms with E-state index in [-0.39, 0.29) is 5.96 Å². The molecule has 4 aliphatic rings. The van der Waals surface area contributed by atoms with Crippen LogP contribution >= 0.6 is 0 Å². The molecular formula is C12H21N9O4S. The van der Waals surface area contributed by atoms with Crippen LogP contribution in [0.15, 0.2) is 15.0 Å². The average Bonchev–Trinajstić information content (AvgIpc) is 3.25. The molecular weight excluding hydrogens is 366 g/mol. The maximum absolute atomic E-state index is 8.74. The van der Waals surface area contributed by atoms with E-state index >= 15 is 0 Å². The molecule has 0 saturated carbocycles. The predicted octanol–water partition coefficient (Wildman–Crippen LogP) is -2.44. The van der Waals surface area contributed by atoms with E-state index in [0.29, 0.717) is 5.96 Å². The first-order chi connectivity index (χ1) is 12.2. The van der Waals surface area contributed by atoms with Gasteiger partial charge in [0.15, 0.2) is 0 Å². The lowest BCUT2D eigenvalue weighted by Gasteiger charge is -2.20. The van der Waals surface area contributed by atoms with Crippen molar-refractivity contribution in [3.8, 4) is 0 Å². The molecule has 4 aliphatic heterocycles. The van der Waals surface area contributed by atoms with Crippen LogP contribution in [0.2, 0.25) is 0 Å². The molecule has 0 amide bonds. The van der Waals surface area contributed by atoms with Gasteiger partial charge >= 0.3 is 10.4 Å². The van der Waals surface area contributed by atoms with Gasteiger partial charge in [0.2, 0.25) is 23.8 Å². The summed E-state index contributed by atoms with van der Waals surface area (Å²) in [5, 5.41) is 8.19. The van der Waals surface area contributed by atoms with Crippen LogP contribution < -0.4 is 5.73 Å². The van der Waals surface area contributed by atoms with Gasteiger partial charge in [0, 0.05) is 39.3 Å². The Bertz CT molecular complexity index is 770. The Morgan fingerprint density at radius 1 is 0.962 bits per heavy atom. The van der Waals surface area contributed by atoms with Crippen molar-refractivity contribution in [3.05, 3.63) is 0 Å². The highest BCUT2D eigenvalue weighted by molar-refractivity contribution is 7.79. The Labute approximate surface area is 150 Å². The number of rotatable bonds is 0.